The highest BCUT2D eigenvalue weighted by Crippen LogP contribution is 2.07. The minimum Gasteiger partial charge on any atom is -0.481 e. The molecule has 0 aliphatic rings. The van der Waals surface area contributed by atoms with Crippen LogP contribution in [0.5, 0.6) is 0 Å². The average molecular weight is 341 g/mol. The molecule has 0 atom stereocenters. The normalized spacial score (nSPS) is 10.2. The van der Waals surface area contributed by atoms with Gasteiger partial charge in [0.15, 0.2) is 0 Å². The summed E-state index contributed by atoms with van der Waals surface area (Å²) in [7, 11) is 0. The largest absolute Gasteiger partial charge is 0.481 e. The van der Waals surface area contributed by atoms with Crippen LogP contribution >= 0.6 is 0 Å². The molecule has 2 N–H and O–H groups in total. The molecule has 0 radical (unpaired) electrons. The third-order valence-corrected chi connectivity index (χ3v) is 3.74. The number of carbonyl (C=O) groups is 2. The van der Waals surface area contributed by atoms with Crippen molar-refractivity contribution in [3.63, 3.8) is 0 Å². The minimum atomic E-state index is -0.856. The van der Waals surface area contributed by atoms with Crippen molar-refractivity contribution >= 4 is 12.0 Å². The number of pyridine rings is 1. The van der Waals surface area contributed by atoms with E-state index >= 15 is 0 Å². The third kappa shape index (κ3) is 7.03. The van der Waals surface area contributed by atoms with E-state index in [4.69, 9.17) is 5.11 Å². The number of carboxylic acids is 1. The Labute approximate surface area is 147 Å². The van der Waals surface area contributed by atoms with E-state index in [1.165, 1.54) is 0 Å². The van der Waals surface area contributed by atoms with Gasteiger partial charge in [0.25, 0.3) is 0 Å². The number of hydrogen-bond donors (Lipinski definition) is 2. The zero-order valence-corrected chi connectivity index (χ0v) is 14.1. The van der Waals surface area contributed by atoms with Crippen LogP contribution in [0.2, 0.25) is 0 Å². The van der Waals surface area contributed by atoms with Crippen molar-refractivity contribution in [1.82, 2.24) is 15.2 Å². The van der Waals surface area contributed by atoms with E-state index in [0.717, 1.165) is 17.5 Å². The topological polar surface area (TPSA) is 82.5 Å². The first-order valence-electron chi connectivity index (χ1n) is 8.32. The number of amides is 2. The zero-order valence-electron chi connectivity index (χ0n) is 14.1. The molecule has 2 aromatic rings. The monoisotopic (exact) mass is 341 g/mol. The fraction of sp³-hybridized carbons (Fsp3) is 0.316. The summed E-state index contributed by atoms with van der Waals surface area (Å²) < 4.78 is 0. The van der Waals surface area contributed by atoms with E-state index in [-0.39, 0.29) is 12.5 Å². The molecule has 0 bridgehead atoms. The van der Waals surface area contributed by atoms with Crippen molar-refractivity contribution < 1.29 is 14.7 Å². The lowest BCUT2D eigenvalue weighted by atomic mass is 10.1. The van der Waals surface area contributed by atoms with Gasteiger partial charge in [0.1, 0.15) is 0 Å². The predicted octanol–water partition coefficient (Wildman–Crippen LogP) is 2.70. The van der Waals surface area contributed by atoms with E-state index in [0.29, 0.717) is 26.1 Å². The Bertz CT molecular complexity index is 662. The van der Waals surface area contributed by atoms with Crippen LogP contribution in [0.15, 0.2) is 54.9 Å². The summed E-state index contributed by atoms with van der Waals surface area (Å²) in [5.74, 6) is -0.856. The Hall–Kier alpha value is -2.89. The standard InChI is InChI=1S/C19H23N3O3/c23-18(24)9-5-12-21-19(25)22(15-17-8-4-11-20-14-17)13-10-16-6-2-1-3-7-16/h1-4,6-8,11,14H,5,9-10,12-13,15H2,(H,21,25)(H,23,24). The number of rotatable bonds is 9. The molecular weight excluding hydrogens is 318 g/mol. The Balaban J connectivity index is 1.93. The first-order valence-corrected chi connectivity index (χ1v) is 8.32. The van der Waals surface area contributed by atoms with Gasteiger partial charge >= 0.3 is 12.0 Å². The second kappa shape index (κ2) is 10.1. The van der Waals surface area contributed by atoms with Gasteiger partial charge in [-0.15, -0.1) is 0 Å². The number of aromatic nitrogens is 1. The molecule has 2 amide bonds. The lowest BCUT2D eigenvalue weighted by Gasteiger charge is -2.23. The van der Waals surface area contributed by atoms with Crippen LogP contribution in [-0.4, -0.2) is 40.1 Å². The van der Waals surface area contributed by atoms with Gasteiger partial charge in [0.05, 0.1) is 0 Å². The van der Waals surface area contributed by atoms with Crippen molar-refractivity contribution in [3.8, 4) is 0 Å². The molecule has 6 heteroatoms. The van der Waals surface area contributed by atoms with E-state index < -0.39 is 5.97 Å². The van der Waals surface area contributed by atoms with Gasteiger partial charge in [-0.2, -0.15) is 0 Å². The lowest BCUT2D eigenvalue weighted by molar-refractivity contribution is -0.137. The van der Waals surface area contributed by atoms with Crippen LogP contribution in [0, 0.1) is 0 Å². The van der Waals surface area contributed by atoms with Crippen LogP contribution in [0.3, 0.4) is 0 Å². The third-order valence-electron chi connectivity index (χ3n) is 3.74. The molecule has 0 fully saturated rings. The fourth-order valence-corrected chi connectivity index (χ4v) is 2.42. The number of aliphatic carboxylic acids is 1. The van der Waals surface area contributed by atoms with Gasteiger partial charge in [0, 0.05) is 38.4 Å². The van der Waals surface area contributed by atoms with Gasteiger partial charge in [0.2, 0.25) is 0 Å². The number of urea groups is 1. The number of benzene rings is 1. The Morgan fingerprint density at radius 3 is 2.52 bits per heavy atom. The number of nitrogens with one attached hydrogen (secondary N) is 1. The summed E-state index contributed by atoms with van der Waals surface area (Å²) in [6, 6.07) is 13.6. The van der Waals surface area contributed by atoms with E-state index in [1.807, 2.05) is 42.5 Å². The smallest absolute Gasteiger partial charge is 0.317 e. The lowest BCUT2D eigenvalue weighted by Crippen LogP contribution is -2.41. The number of hydrogen-bond acceptors (Lipinski definition) is 3. The highest BCUT2D eigenvalue weighted by atomic mass is 16.4. The maximum Gasteiger partial charge on any atom is 0.317 e. The zero-order chi connectivity index (χ0) is 17.9. The molecule has 0 unspecified atom stereocenters. The molecule has 1 aromatic heterocycles. The van der Waals surface area contributed by atoms with Crippen molar-refractivity contribution in [2.45, 2.75) is 25.8 Å². The first kappa shape index (κ1) is 18.4. The molecule has 0 aliphatic heterocycles. The molecule has 132 valence electrons. The summed E-state index contributed by atoms with van der Waals surface area (Å²) in [5, 5.41) is 11.5. The maximum absolute atomic E-state index is 12.5. The molecule has 0 saturated heterocycles. The number of carboxylic acid groups (broad SMARTS) is 1. The van der Waals surface area contributed by atoms with E-state index in [2.05, 4.69) is 10.3 Å². The van der Waals surface area contributed by atoms with E-state index in [1.54, 1.807) is 17.3 Å². The summed E-state index contributed by atoms with van der Waals surface area (Å²) in [6.45, 7) is 1.38. The molecule has 0 saturated carbocycles. The quantitative estimate of drug-likeness (QED) is 0.687. The molecular formula is C19H23N3O3. The van der Waals surface area contributed by atoms with Gasteiger partial charge in [-0.3, -0.25) is 9.78 Å². The molecule has 0 aliphatic carbocycles. The Morgan fingerprint density at radius 1 is 1.08 bits per heavy atom. The summed E-state index contributed by atoms with van der Waals surface area (Å²) in [6.07, 6.45) is 4.66. The maximum atomic E-state index is 12.5. The summed E-state index contributed by atoms with van der Waals surface area (Å²) in [4.78, 5) is 28.8. The Morgan fingerprint density at radius 2 is 1.84 bits per heavy atom. The summed E-state index contributed by atoms with van der Waals surface area (Å²) in [5.41, 5.74) is 2.12. The highest BCUT2D eigenvalue weighted by Gasteiger charge is 2.14. The molecule has 25 heavy (non-hydrogen) atoms. The Kier molecular flexibility index (Phi) is 7.43. The van der Waals surface area contributed by atoms with Crippen LogP contribution in [0.4, 0.5) is 4.79 Å². The van der Waals surface area contributed by atoms with Gasteiger partial charge in [-0.25, -0.2) is 4.79 Å². The number of nitrogens with zero attached hydrogens (tertiary/aromatic N) is 2. The number of carbonyl (C=O) groups excluding carboxylic acids is 1. The van der Waals surface area contributed by atoms with Crippen LogP contribution in [0.1, 0.15) is 24.0 Å². The second-order valence-corrected chi connectivity index (χ2v) is 5.75. The van der Waals surface area contributed by atoms with Gasteiger partial charge in [-0.05, 0) is 30.0 Å². The van der Waals surface area contributed by atoms with Crippen molar-refractivity contribution in [2.24, 2.45) is 0 Å². The van der Waals surface area contributed by atoms with Crippen molar-refractivity contribution in [1.29, 1.82) is 0 Å². The van der Waals surface area contributed by atoms with Gasteiger partial charge in [-0.1, -0.05) is 36.4 Å². The SMILES string of the molecule is O=C(O)CCCNC(=O)N(CCc1ccccc1)Cc1cccnc1. The second-order valence-electron chi connectivity index (χ2n) is 5.75. The van der Waals surface area contributed by atoms with Crippen molar-refractivity contribution in [3.05, 3.63) is 66.0 Å². The molecule has 1 aromatic carbocycles. The van der Waals surface area contributed by atoms with Gasteiger partial charge < -0.3 is 15.3 Å². The molecule has 6 nitrogen and oxygen atoms in total. The van der Waals surface area contributed by atoms with Crippen LogP contribution in [0.25, 0.3) is 0 Å². The average Bonchev–Trinajstić information content (AvgIpc) is 2.63. The molecule has 1 heterocycles. The van der Waals surface area contributed by atoms with Crippen LogP contribution in [-0.2, 0) is 17.8 Å². The van der Waals surface area contributed by atoms with E-state index in [9.17, 15) is 9.59 Å². The first-order chi connectivity index (χ1) is 12.1. The van der Waals surface area contributed by atoms with Crippen molar-refractivity contribution in [2.75, 3.05) is 13.1 Å². The predicted molar refractivity (Wildman–Crippen MR) is 95.1 cm³/mol. The highest BCUT2D eigenvalue weighted by molar-refractivity contribution is 5.74. The van der Waals surface area contributed by atoms with Crippen LogP contribution < -0.4 is 5.32 Å². The summed E-state index contributed by atoms with van der Waals surface area (Å²) >= 11 is 0. The molecule has 0 spiro atoms. The fourth-order valence-electron chi connectivity index (χ4n) is 2.42. The minimum absolute atomic E-state index is 0.0485. The molecule has 2 rings (SSSR count).